The van der Waals surface area contributed by atoms with Gasteiger partial charge >= 0.3 is 6.18 Å². The number of carbonyl (C=O) groups excluding carboxylic acids is 1. The summed E-state index contributed by atoms with van der Waals surface area (Å²) in [5.74, 6) is -0.170. The first-order valence-electron chi connectivity index (χ1n) is 9.07. The van der Waals surface area contributed by atoms with Crippen LogP contribution in [0.3, 0.4) is 0 Å². The smallest absolute Gasteiger partial charge is 0.328 e. The number of nitrogens with zero attached hydrogens (tertiary/aromatic N) is 2. The lowest BCUT2D eigenvalue weighted by Crippen LogP contribution is -2.43. The van der Waals surface area contributed by atoms with Gasteiger partial charge in [-0.05, 0) is 37.5 Å². The Balaban J connectivity index is 1.65. The van der Waals surface area contributed by atoms with Crippen LogP contribution in [0.25, 0.3) is 0 Å². The van der Waals surface area contributed by atoms with Crippen molar-refractivity contribution in [2.24, 2.45) is 0 Å². The van der Waals surface area contributed by atoms with Gasteiger partial charge in [0.25, 0.3) is 5.91 Å². The zero-order valence-corrected chi connectivity index (χ0v) is 15.0. The van der Waals surface area contributed by atoms with Gasteiger partial charge in [0.05, 0.1) is 11.1 Å². The van der Waals surface area contributed by atoms with Crippen LogP contribution >= 0.6 is 0 Å². The number of aromatic amines is 1. The van der Waals surface area contributed by atoms with Gasteiger partial charge in [-0.3, -0.25) is 9.89 Å². The molecule has 8 heteroatoms. The lowest BCUT2D eigenvalue weighted by molar-refractivity contribution is -0.137. The quantitative estimate of drug-likeness (QED) is 0.844. The van der Waals surface area contributed by atoms with Crippen molar-refractivity contribution in [2.75, 3.05) is 13.1 Å². The summed E-state index contributed by atoms with van der Waals surface area (Å²) >= 11 is 0. The molecular formula is C19H21F3N4O. The van der Waals surface area contributed by atoms with E-state index in [0.717, 1.165) is 42.8 Å². The van der Waals surface area contributed by atoms with Crippen LogP contribution in [-0.2, 0) is 24.7 Å². The average molecular weight is 378 g/mol. The lowest BCUT2D eigenvalue weighted by atomic mass is 9.88. The summed E-state index contributed by atoms with van der Waals surface area (Å²) in [6, 6.07) is 5.13. The molecule has 2 aliphatic heterocycles. The molecule has 3 heterocycles. The second-order valence-corrected chi connectivity index (χ2v) is 7.37. The third-order valence-electron chi connectivity index (χ3n) is 5.73. The van der Waals surface area contributed by atoms with Gasteiger partial charge in [0.2, 0.25) is 0 Å². The third-order valence-corrected chi connectivity index (χ3v) is 5.73. The molecule has 4 rings (SSSR count). The standard InChI is InChI=1S/C19H21F3N4O/c1-18(12-3-5-13(6-4-12)19(20,21)22)8-2-10-26(18)17(27)16-14-11-23-9-7-15(14)24-25-16/h3-6,23H,2,7-11H2,1H3,(H,24,25). The number of carbonyl (C=O) groups is 1. The molecule has 27 heavy (non-hydrogen) atoms. The first-order chi connectivity index (χ1) is 12.8. The lowest BCUT2D eigenvalue weighted by Gasteiger charge is -2.36. The highest BCUT2D eigenvalue weighted by Gasteiger charge is 2.43. The highest BCUT2D eigenvalue weighted by molar-refractivity contribution is 5.95. The predicted molar refractivity (Wildman–Crippen MR) is 93.1 cm³/mol. The summed E-state index contributed by atoms with van der Waals surface area (Å²) in [5.41, 5.74) is 1.68. The molecule has 1 unspecified atom stereocenters. The predicted octanol–water partition coefficient (Wildman–Crippen LogP) is 3.23. The van der Waals surface area contributed by atoms with Crippen LogP contribution < -0.4 is 5.32 Å². The second-order valence-electron chi connectivity index (χ2n) is 7.37. The van der Waals surface area contributed by atoms with E-state index in [1.54, 1.807) is 4.90 Å². The molecule has 144 valence electrons. The minimum absolute atomic E-state index is 0.170. The summed E-state index contributed by atoms with van der Waals surface area (Å²) in [6.45, 7) is 3.91. The summed E-state index contributed by atoms with van der Waals surface area (Å²) in [7, 11) is 0. The second kappa shape index (κ2) is 6.37. The van der Waals surface area contributed by atoms with Gasteiger partial charge in [-0.25, -0.2) is 0 Å². The normalized spacial score (nSPS) is 22.7. The molecule has 1 amide bonds. The summed E-state index contributed by atoms with van der Waals surface area (Å²) in [5, 5.41) is 10.5. The van der Waals surface area contributed by atoms with Gasteiger partial charge in [-0.2, -0.15) is 18.3 Å². The maximum absolute atomic E-state index is 13.2. The number of hydrogen-bond acceptors (Lipinski definition) is 3. The molecule has 1 aromatic heterocycles. The molecule has 5 nitrogen and oxygen atoms in total. The molecule has 1 saturated heterocycles. The van der Waals surface area contributed by atoms with E-state index in [0.29, 0.717) is 30.8 Å². The monoisotopic (exact) mass is 378 g/mol. The van der Waals surface area contributed by atoms with Crippen LogP contribution in [0.5, 0.6) is 0 Å². The Morgan fingerprint density at radius 2 is 2.00 bits per heavy atom. The van der Waals surface area contributed by atoms with E-state index in [1.807, 2.05) is 6.92 Å². The van der Waals surface area contributed by atoms with E-state index in [4.69, 9.17) is 0 Å². The minimum Gasteiger partial charge on any atom is -0.328 e. The molecule has 2 aliphatic rings. The highest BCUT2D eigenvalue weighted by Crippen LogP contribution is 2.40. The van der Waals surface area contributed by atoms with Crippen molar-refractivity contribution in [2.45, 2.75) is 44.4 Å². The van der Waals surface area contributed by atoms with Crippen LogP contribution in [0.15, 0.2) is 24.3 Å². The number of rotatable bonds is 2. The summed E-state index contributed by atoms with van der Waals surface area (Å²) in [4.78, 5) is 15.0. The van der Waals surface area contributed by atoms with Crippen molar-refractivity contribution in [1.82, 2.24) is 20.4 Å². The van der Waals surface area contributed by atoms with Gasteiger partial charge in [-0.15, -0.1) is 0 Å². The van der Waals surface area contributed by atoms with Gasteiger partial charge in [-0.1, -0.05) is 12.1 Å². The van der Waals surface area contributed by atoms with E-state index in [2.05, 4.69) is 15.5 Å². The van der Waals surface area contributed by atoms with Crippen molar-refractivity contribution in [3.8, 4) is 0 Å². The zero-order chi connectivity index (χ0) is 19.2. The van der Waals surface area contributed by atoms with E-state index in [1.165, 1.54) is 12.1 Å². The Kier molecular flexibility index (Phi) is 4.25. The van der Waals surface area contributed by atoms with E-state index >= 15 is 0 Å². The molecule has 1 fully saturated rings. The first-order valence-corrected chi connectivity index (χ1v) is 9.07. The Morgan fingerprint density at radius 1 is 1.26 bits per heavy atom. The molecule has 0 aliphatic carbocycles. The summed E-state index contributed by atoms with van der Waals surface area (Å²) < 4.78 is 38.6. The Hall–Kier alpha value is -2.35. The van der Waals surface area contributed by atoms with Crippen LogP contribution in [-0.4, -0.2) is 34.1 Å². The molecule has 0 radical (unpaired) electrons. The van der Waals surface area contributed by atoms with Gasteiger partial charge in [0.15, 0.2) is 5.69 Å². The van der Waals surface area contributed by atoms with E-state index < -0.39 is 17.3 Å². The van der Waals surface area contributed by atoms with Crippen molar-refractivity contribution in [3.05, 3.63) is 52.3 Å². The number of fused-ring (bicyclic) bond motifs is 1. The van der Waals surface area contributed by atoms with Crippen molar-refractivity contribution in [3.63, 3.8) is 0 Å². The van der Waals surface area contributed by atoms with Gasteiger partial charge in [0.1, 0.15) is 0 Å². The van der Waals surface area contributed by atoms with Crippen molar-refractivity contribution < 1.29 is 18.0 Å². The average Bonchev–Trinajstić information content (AvgIpc) is 3.25. The molecule has 0 bridgehead atoms. The van der Waals surface area contributed by atoms with Crippen molar-refractivity contribution >= 4 is 5.91 Å². The van der Waals surface area contributed by atoms with Crippen LogP contribution in [0.4, 0.5) is 13.2 Å². The van der Waals surface area contributed by atoms with Crippen LogP contribution in [0, 0.1) is 0 Å². The molecule has 1 atom stereocenters. The van der Waals surface area contributed by atoms with Gasteiger partial charge in [0, 0.05) is 37.3 Å². The minimum atomic E-state index is -4.37. The molecule has 0 spiro atoms. The first kappa shape index (κ1) is 18.0. The number of hydrogen-bond donors (Lipinski definition) is 2. The fourth-order valence-corrected chi connectivity index (χ4v) is 4.14. The highest BCUT2D eigenvalue weighted by atomic mass is 19.4. The SMILES string of the molecule is CC1(c2ccc(C(F)(F)F)cc2)CCCN1C(=O)c1n[nH]c2c1CNCC2. The van der Waals surface area contributed by atoms with Crippen LogP contribution in [0.2, 0.25) is 0 Å². The number of amides is 1. The maximum Gasteiger partial charge on any atom is 0.416 e. The molecular weight excluding hydrogens is 357 g/mol. The Bertz CT molecular complexity index is 859. The van der Waals surface area contributed by atoms with Gasteiger partial charge < -0.3 is 10.2 Å². The number of alkyl halides is 3. The van der Waals surface area contributed by atoms with E-state index in [9.17, 15) is 18.0 Å². The Morgan fingerprint density at radius 3 is 2.70 bits per heavy atom. The number of benzene rings is 1. The molecule has 0 saturated carbocycles. The summed E-state index contributed by atoms with van der Waals surface area (Å²) in [6.07, 6.45) is -2.07. The molecule has 2 N–H and O–H groups in total. The Labute approximate surface area is 154 Å². The number of aromatic nitrogens is 2. The van der Waals surface area contributed by atoms with Crippen molar-refractivity contribution in [1.29, 1.82) is 0 Å². The number of halogens is 3. The van der Waals surface area contributed by atoms with Crippen LogP contribution in [0.1, 0.15) is 52.6 Å². The number of H-pyrrole nitrogens is 1. The fraction of sp³-hybridized carbons (Fsp3) is 0.474. The third kappa shape index (κ3) is 3.01. The number of nitrogens with one attached hydrogen (secondary N) is 2. The molecule has 2 aromatic rings. The topological polar surface area (TPSA) is 61.0 Å². The fourth-order valence-electron chi connectivity index (χ4n) is 4.14. The maximum atomic E-state index is 13.2. The molecule has 1 aromatic carbocycles. The largest absolute Gasteiger partial charge is 0.416 e. The zero-order valence-electron chi connectivity index (χ0n) is 15.0. The number of likely N-dealkylation sites (tertiary alicyclic amines) is 1. The van der Waals surface area contributed by atoms with E-state index in [-0.39, 0.29) is 5.91 Å².